The summed E-state index contributed by atoms with van der Waals surface area (Å²) in [6.07, 6.45) is 0.0790. The third-order valence-corrected chi connectivity index (χ3v) is 3.34. The highest BCUT2D eigenvalue weighted by molar-refractivity contribution is 6.01. The van der Waals surface area contributed by atoms with Crippen molar-refractivity contribution in [3.8, 4) is 11.5 Å². The van der Waals surface area contributed by atoms with Crippen LogP contribution in [0.15, 0.2) is 18.2 Å². The molecule has 0 unspecified atom stereocenters. The van der Waals surface area contributed by atoms with Crippen molar-refractivity contribution in [2.24, 2.45) is 0 Å². The van der Waals surface area contributed by atoms with Gasteiger partial charge in [-0.2, -0.15) is 0 Å². The number of Topliss-reactive ketones (excluding diaryl/α,β-unsaturated/α-hetero) is 1. The van der Waals surface area contributed by atoms with Crippen LogP contribution in [0.5, 0.6) is 11.5 Å². The molecule has 0 aliphatic heterocycles. The molecule has 0 heterocycles. The standard InChI is InChI=1S/C13H14O5/c1-17-10-4-3-8(5-11(10)18-2)13(12(15)16)6-9(14)7-13/h3-5H,6-7H2,1-2H3,(H,15,16). The predicted molar refractivity (Wildman–Crippen MR) is 63.1 cm³/mol. The summed E-state index contributed by atoms with van der Waals surface area (Å²) in [7, 11) is 3.00. The Labute approximate surface area is 104 Å². The van der Waals surface area contributed by atoms with Crippen molar-refractivity contribution in [2.75, 3.05) is 14.2 Å². The first-order chi connectivity index (χ1) is 8.53. The minimum absolute atomic E-state index is 0.0350. The number of methoxy groups -OCH3 is 2. The van der Waals surface area contributed by atoms with E-state index in [0.717, 1.165) is 0 Å². The van der Waals surface area contributed by atoms with Gasteiger partial charge in [0.2, 0.25) is 0 Å². The van der Waals surface area contributed by atoms with E-state index in [2.05, 4.69) is 0 Å². The van der Waals surface area contributed by atoms with E-state index >= 15 is 0 Å². The van der Waals surface area contributed by atoms with E-state index in [1.165, 1.54) is 14.2 Å². The second kappa shape index (κ2) is 4.33. The van der Waals surface area contributed by atoms with E-state index in [9.17, 15) is 14.7 Å². The summed E-state index contributed by atoms with van der Waals surface area (Å²) in [6, 6.07) is 4.95. The van der Waals surface area contributed by atoms with E-state index in [-0.39, 0.29) is 18.6 Å². The maximum atomic E-state index is 11.4. The summed E-state index contributed by atoms with van der Waals surface area (Å²) >= 11 is 0. The van der Waals surface area contributed by atoms with E-state index in [1.807, 2.05) is 0 Å². The molecule has 1 aliphatic rings. The largest absolute Gasteiger partial charge is 0.493 e. The number of rotatable bonds is 4. The topological polar surface area (TPSA) is 72.8 Å². The molecular formula is C13H14O5. The van der Waals surface area contributed by atoms with Crippen LogP contribution in [0.2, 0.25) is 0 Å². The van der Waals surface area contributed by atoms with E-state index < -0.39 is 11.4 Å². The first-order valence-corrected chi connectivity index (χ1v) is 5.51. The smallest absolute Gasteiger partial charge is 0.315 e. The third-order valence-electron chi connectivity index (χ3n) is 3.34. The van der Waals surface area contributed by atoms with Crippen LogP contribution < -0.4 is 9.47 Å². The van der Waals surface area contributed by atoms with Crippen LogP contribution in [0.25, 0.3) is 0 Å². The highest BCUT2D eigenvalue weighted by Crippen LogP contribution is 2.44. The van der Waals surface area contributed by atoms with E-state index in [0.29, 0.717) is 17.1 Å². The molecule has 0 spiro atoms. The Morgan fingerprint density at radius 2 is 1.83 bits per heavy atom. The summed E-state index contributed by atoms with van der Waals surface area (Å²) in [5.74, 6) is -0.0103. The number of ether oxygens (including phenoxy) is 2. The van der Waals surface area contributed by atoms with Crippen molar-refractivity contribution in [3.05, 3.63) is 23.8 Å². The Balaban J connectivity index is 2.44. The molecule has 1 saturated carbocycles. The molecule has 1 aromatic rings. The maximum absolute atomic E-state index is 11.4. The molecule has 0 bridgehead atoms. The highest BCUT2D eigenvalue weighted by atomic mass is 16.5. The Kier molecular flexibility index (Phi) is 2.98. The lowest BCUT2D eigenvalue weighted by molar-refractivity contribution is -0.153. The average Bonchev–Trinajstić information content (AvgIpc) is 2.33. The fourth-order valence-corrected chi connectivity index (χ4v) is 2.23. The van der Waals surface area contributed by atoms with Crippen LogP contribution >= 0.6 is 0 Å². The third kappa shape index (κ3) is 1.72. The molecular weight excluding hydrogens is 236 g/mol. The SMILES string of the molecule is COc1ccc(C2(C(=O)O)CC(=O)C2)cc1OC. The zero-order chi connectivity index (χ0) is 13.3. The first kappa shape index (κ1) is 12.4. The van der Waals surface area contributed by atoms with Crippen LogP contribution in [-0.2, 0) is 15.0 Å². The van der Waals surface area contributed by atoms with Gasteiger partial charge in [0.25, 0.3) is 0 Å². The number of benzene rings is 1. The second-order valence-corrected chi connectivity index (χ2v) is 4.35. The van der Waals surface area contributed by atoms with Gasteiger partial charge in [-0.25, -0.2) is 0 Å². The Bertz CT molecular complexity index is 498. The van der Waals surface area contributed by atoms with Gasteiger partial charge in [-0.05, 0) is 17.7 Å². The highest BCUT2D eigenvalue weighted by Gasteiger charge is 2.51. The van der Waals surface area contributed by atoms with E-state index in [4.69, 9.17) is 9.47 Å². The molecule has 96 valence electrons. The molecule has 0 atom stereocenters. The molecule has 5 heteroatoms. The van der Waals surface area contributed by atoms with Gasteiger partial charge < -0.3 is 14.6 Å². The molecule has 0 aromatic heterocycles. The predicted octanol–water partition coefficient (Wildman–Crippen LogP) is 1.39. The van der Waals surface area contributed by atoms with Crippen molar-refractivity contribution in [1.29, 1.82) is 0 Å². The van der Waals surface area contributed by atoms with Crippen molar-refractivity contribution in [3.63, 3.8) is 0 Å². The van der Waals surface area contributed by atoms with Crippen LogP contribution in [0.4, 0.5) is 0 Å². The van der Waals surface area contributed by atoms with Crippen LogP contribution in [0.3, 0.4) is 0 Å². The van der Waals surface area contributed by atoms with E-state index in [1.54, 1.807) is 18.2 Å². The van der Waals surface area contributed by atoms with Gasteiger partial charge in [-0.1, -0.05) is 6.07 Å². The first-order valence-electron chi connectivity index (χ1n) is 5.51. The number of ketones is 1. The fourth-order valence-electron chi connectivity index (χ4n) is 2.23. The molecule has 5 nitrogen and oxygen atoms in total. The lowest BCUT2D eigenvalue weighted by atomic mass is 9.63. The fraction of sp³-hybridized carbons (Fsp3) is 0.385. The number of carboxylic acid groups (broad SMARTS) is 1. The molecule has 18 heavy (non-hydrogen) atoms. The quantitative estimate of drug-likeness (QED) is 0.874. The van der Waals surface area contributed by atoms with Gasteiger partial charge >= 0.3 is 5.97 Å². The Morgan fingerprint density at radius 1 is 1.22 bits per heavy atom. The number of carboxylic acids is 1. The van der Waals surface area contributed by atoms with Gasteiger partial charge in [0.05, 0.1) is 14.2 Å². The summed E-state index contributed by atoms with van der Waals surface area (Å²) < 4.78 is 10.2. The molecule has 1 aromatic carbocycles. The van der Waals surface area contributed by atoms with Gasteiger partial charge in [-0.3, -0.25) is 9.59 Å². The molecule has 0 saturated heterocycles. The average molecular weight is 250 g/mol. The summed E-state index contributed by atoms with van der Waals surface area (Å²) in [5, 5.41) is 9.32. The molecule has 0 amide bonds. The number of hydrogen-bond acceptors (Lipinski definition) is 4. The normalized spacial score (nSPS) is 16.9. The Morgan fingerprint density at radius 3 is 2.28 bits per heavy atom. The van der Waals surface area contributed by atoms with Crippen molar-refractivity contribution in [2.45, 2.75) is 18.3 Å². The zero-order valence-corrected chi connectivity index (χ0v) is 10.2. The van der Waals surface area contributed by atoms with Gasteiger partial charge in [0, 0.05) is 12.8 Å². The molecule has 1 N–H and O–H groups in total. The monoisotopic (exact) mass is 250 g/mol. The van der Waals surface area contributed by atoms with Crippen molar-refractivity contribution in [1.82, 2.24) is 0 Å². The summed E-state index contributed by atoms with van der Waals surface area (Å²) in [4.78, 5) is 22.5. The van der Waals surface area contributed by atoms with Crippen molar-refractivity contribution >= 4 is 11.8 Å². The maximum Gasteiger partial charge on any atom is 0.315 e. The summed E-state index contributed by atoms with van der Waals surface area (Å²) in [5.41, 5.74) is -0.524. The lowest BCUT2D eigenvalue weighted by Crippen LogP contribution is -2.48. The lowest BCUT2D eigenvalue weighted by Gasteiger charge is -2.36. The molecule has 0 radical (unpaired) electrons. The Hall–Kier alpha value is -2.04. The van der Waals surface area contributed by atoms with Gasteiger partial charge in [0.15, 0.2) is 11.5 Å². The molecule has 1 fully saturated rings. The number of aliphatic carboxylic acids is 1. The van der Waals surface area contributed by atoms with Crippen molar-refractivity contribution < 1.29 is 24.2 Å². The second-order valence-electron chi connectivity index (χ2n) is 4.35. The minimum atomic E-state index is -1.10. The van der Waals surface area contributed by atoms with Gasteiger partial charge in [0.1, 0.15) is 11.2 Å². The number of carbonyl (C=O) groups is 2. The minimum Gasteiger partial charge on any atom is -0.493 e. The number of carbonyl (C=O) groups excluding carboxylic acids is 1. The van der Waals surface area contributed by atoms with Crippen LogP contribution in [0.1, 0.15) is 18.4 Å². The number of hydrogen-bond donors (Lipinski definition) is 1. The molecule has 1 aliphatic carbocycles. The summed E-state index contributed by atoms with van der Waals surface area (Å²) in [6.45, 7) is 0. The molecule has 2 rings (SSSR count). The zero-order valence-electron chi connectivity index (χ0n) is 10.2. The van der Waals surface area contributed by atoms with Crippen LogP contribution in [-0.4, -0.2) is 31.1 Å². The van der Waals surface area contributed by atoms with Gasteiger partial charge in [-0.15, -0.1) is 0 Å². The van der Waals surface area contributed by atoms with Crippen LogP contribution in [0, 0.1) is 0 Å².